The van der Waals surface area contributed by atoms with Gasteiger partial charge in [-0.3, -0.25) is 4.90 Å². The molecule has 3 aromatic rings. The van der Waals surface area contributed by atoms with Gasteiger partial charge >= 0.3 is 12.2 Å². The van der Waals surface area contributed by atoms with Gasteiger partial charge in [0.25, 0.3) is 0 Å². The van der Waals surface area contributed by atoms with Crippen molar-refractivity contribution >= 4 is 22.5 Å². The SMILES string of the molecule is CC[C@@H]1CN2c3nc(OC[C@@H]4CC[C@H]5COCCN54)nc4c(F)c(-c5cc(N)nc(C)c5C(F)(F)F)nc(c34)O[C@@H](C)[C@@H]2CN1. The highest BCUT2D eigenvalue weighted by Gasteiger charge is 2.42. The van der Waals surface area contributed by atoms with Crippen molar-refractivity contribution in [3.63, 3.8) is 0 Å². The normalized spacial score (nSPS) is 26.7. The summed E-state index contributed by atoms with van der Waals surface area (Å²) in [5.74, 6) is -0.916. The van der Waals surface area contributed by atoms with Crippen LogP contribution in [0.4, 0.5) is 29.2 Å². The molecule has 7 rings (SSSR count). The van der Waals surface area contributed by atoms with Gasteiger partial charge < -0.3 is 30.2 Å². The zero-order valence-corrected chi connectivity index (χ0v) is 25.3. The number of nitrogens with one attached hydrogen (secondary N) is 1. The first-order valence-electron chi connectivity index (χ1n) is 15.4. The van der Waals surface area contributed by atoms with Crippen LogP contribution < -0.4 is 25.4 Å². The first kappa shape index (κ1) is 30.1. The van der Waals surface area contributed by atoms with E-state index in [-0.39, 0.29) is 53.3 Å². The Kier molecular flexibility index (Phi) is 7.60. The van der Waals surface area contributed by atoms with E-state index in [0.29, 0.717) is 38.2 Å². The summed E-state index contributed by atoms with van der Waals surface area (Å²) in [6.07, 6.45) is -2.58. The molecule has 0 amide bonds. The summed E-state index contributed by atoms with van der Waals surface area (Å²) in [7, 11) is 0. The Hall–Kier alpha value is -3.56. The van der Waals surface area contributed by atoms with Gasteiger partial charge in [0.05, 0.1) is 30.5 Å². The summed E-state index contributed by atoms with van der Waals surface area (Å²) in [5.41, 5.74) is 3.00. The molecule has 0 aliphatic carbocycles. The molecule has 3 fully saturated rings. The molecular formula is C30H36F4N8O3. The fraction of sp³-hybridized carbons (Fsp3) is 0.600. The predicted octanol–water partition coefficient (Wildman–Crippen LogP) is 3.72. The molecule has 3 saturated heterocycles. The molecule has 11 nitrogen and oxygen atoms in total. The molecule has 45 heavy (non-hydrogen) atoms. The number of halogens is 4. The first-order chi connectivity index (χ1) is 21.5. The van der Waals surface area contributed by atoms with Crippen LogP contribution in [0.3, 0.4) is 0 Å². The van der Waals surface area contributed by atoms with Gasteiger partial charge in [-0.05, 0) is 39.2 Å². The third-order valence-electron chi connectivity index (χ3n) is 9.49. The molecule has 5 atom stereocenters. The first-order valence-corrected chi connectivity index (χ1v) is 15.4. The predicted molar refractivity (Wildman–Crippen MR) is 158 cm³/mol. The second-order valence-electron chi connectivity index (χ2n) is 12.3. The lowest BCUT2D eigenvalue weighted by Gasteiger charge is -2.42. The number of nitrogens with two attached hydrogens (primary N) is 1. The minimum absolute atomic E-state index is 0.0500. The van der Waals surface area contributed by atoms with E-state index in [2.05, 4.69) is 37.0 Å². The van der Waals surface area contributed by atoms with Crippen LogP contribution in [0.25, 0.3) is 22.2 Å². The van der Waals surface area contributed by atoms with Crippen molar-refractivity contribution in [2.45, 2.75) is 76.5 Å². The van der Waals surface area contributed by atoms with Crippen molar-refractivity contribution in [3.05, 3.63) is 23.1 Å². The van der Waals surface area contributed by atoms with Gasteiger partial charge in [0.1, 0.15) is 40.9 Å². The number of hydrogen-bond donors (Lipinski definition) is 2. The van der Waals surface area contributed by atoms with Crippen LogP contribution in [-0.2, 0) is 10.9 Å². The topological polar surface area (TPSA) is 124 Å². The summed E-state index contributed by atoms with van der Waals surface area (Å²) in [5, 5.41) is 3.71. The number of alkyl halides is 3. The summed E-state index contributed by atoms with van der Waals surface area (Å²) in [4.78, 5) is 21.9. The molecule has 3 aromatic heterocycles. The van der Waals surface area contributed by atoms with Crippen molar-refractivity contribution in [1.29, 1.82) is 0 Å². The number of fused-ring (bicyclic) bond motifs is 3. The van der Waals surface area contributed by atoms with Crippen LogP contribution in [-0.4, -0.2) is 94.6 Å². The van der Waals surface area contributed by atoms with E-state index >= 15 is 4.39 Å². The third-order valence-corrected chi connectivity index (χ3v) is 9.49. The average molecular weight is 633 g/mol. The van der Waals surface area contributed by atoms with Crippen molar-refractivity contribution in [3.8, 4) is 23.1 Å². The Bertz CT molecular complexity index is 1620. The summed E-state index contributed by atoms with van der Waals surface area (Å²) < 4.78 is 77.8. The van der Waals surface area contributed by atoms with Gasteiger partial charge in [-0.1, -0.05) is 6.92 Å². The molecule has 3 N–H and O–H groups in total. The van der Waals surface area contributed by atoms with Gasteiger partial charge in [-0.15, -0.1) is 0 Å². The quantitative estimate of drug-likeness (QED) is 0.400. The van der Waals surface area contributed by atoms with Crippen LogP contribution in [0.1, 0.15) is 44.4 Å². The summed E-state index contributed by atoms with van der Waals surface area (Å²) in [6.45, 7) is 8.62. The number of piperazine rings is 1. The zero-order chi connectivity index (χ0) is 31.6. The van der Waals surface area contributed by atoms with Crippen molar-refractivity contribution < 1.29 is 31.8 Å². The number of nitrogens with zero attached hydrogens (tertiary/aromatic N) is 6. The van der Waals surface area contributed by atoms with E-state index in [1.807, 2.05) is 6.92 Å². The maximum atomic E-state index is 16.7. The Morgan fingerprint density at radius 3 is 2.78 bits per heavy atom. The number of nitrogen functional groups attached to an aromatic ring is 1. The highest BCUT2D eigenvalue weighted by molar-refractivity contribution is 5.97. The van der Waals surface area contributed by atoms with Gasteiger partial charge in [-0.2, -0.15) is 23.1 Å². The van der Waals surface area contributed by atoms with Crippen LogP contribution in [0.5, 0.6) is 11.9 Å². The van der Waals surface area contributed by atoms with Gasteiger partial charge in [0.15, 0.2) is 5.82 Å². The lowest BCUT2D eigenvalue weighted by molar-refractivity contribution is -0.137. The van der Waals surface area contributed by atoms with Gasteiger partial charge in [-0.25, -0.2) is 14.4 Å². The number of hydrogen-bond acceptors (Lipinski definition) is 11. The smallest absolute Gasteiger partial charge is 0.418 e. The highest BCUT2D eigenvalue weighted by Crippen LogP contribution is 2.45. The molecule has 0 aromatic carbocycles. The lowest BCUT2D eigenvalue weighted by Crippen LogP contribution is -2.60. The van der Waals surface area contributed by atoms with E-state index in [1.165, 1.54) is 6.92 Å². The molecule has 0 radical (unpaired) electrons. The van der Waals surface area contributed by atoms with E-state index in [9.17, 15) is 13.2 Å². The highest BCUT2D eigenvalue weighted by atomic mass is 19.4. The Labute approximate surface area is 257 Å². The van der Waals surface area contributed by atoms with E-state index in [0.717, 1.165) is 31.9 Å². The van der Waals surface area contributed by atoms with Gasteiger partial charge in [0, 0.05) is 43.3 Å². The summed E-state index contributed by atoms with van der Waals surface area (Å²) in [6, 6.07) is 1.29. The van der Waals surface area contributed by atoms with Crippen LogP contribution >= 0.6 is 0 Å². The third kappa shape index (κ3) is 5.27. The molecule has 4 aliphatic heterocycles. The molecule has 242 valence electrons. The number of morpholine rings is 1. The number of aryl methyl sites for hydroxylation is 1. The standard InChI is InChI=1S/C30H36F4N8O3/c1-4-16-11-42-20(10-36-16)15(3)45-28-22-26(24(31)25(38-28)19-9-21(35)37-14(2)23(19)30(32,33)34)39-29(40-27(22)42)44-13-18-6-5-17-12-43-8-7-41(17)18/h9,15-18,20,36H,4-8,10-13H2,1-3H3,(H2,35,37)/t15-,16+,17-,18-,20-/m0/s1. The Balaban J connectivity index is 1.39. The van der Waals surface area contributed by atoms with Crippen molar-refractivity contribution in [2.75, 3.05) is 50.1 Å². The number of pyridine rings is 2. The largest absolute Gasteiger partial charge is 0.472 e. The van der Waals surface area contributed by atoms with Crippen molar-refractivity contribution in [2.24, 2.45) is 0 Å². The number of rotatable bonds is 5. The molecule has 0 unspecified atom stereocenters. The number of ether oxygens (including phenoxy) is 3. The van der Waals surface area contributed by atoms with Crippen LogP contribution in [0.15, 0.2) is 6.07 Å². The molecule has 4 aliphatic rings. The summed E-state index contributed by atoms with van der Waals surface area (Å²) >= 11 is 0. The molecular weight excluding hydrogens is 596 g/mol. The Morgan fingerprint density at radius 1 is 1.18 bits per heavy atom. The van der Waals surface area contributed by atoms with Crippen LogP contribution in [0.2, 0.25) is 0 Å². The molecule has 0 bridgehead atoms. The molecule has 7 heterocycles. The van der Waals surface area contributed by atoms with Crippen LogP contribution in [0, 0.1) is 12.7 Å². The lowest BCUT2D eigenvalue weighted by atomic mass is 10.0. The minimum atomic E-state index is -4.85. The number of aromatic nitrogens is 4. The maximum absolute atomic E-state index is 16.7. The second kappa shape index (κ2) is 11.4. The fourth-order valence-corrected chi connectivity index (χ4v) is 7.20. The Morgan fingerprint density at radius 2 is 2.00 bits per heavy atom. The number of anilines is 2. The molecule has 15 heteroatoms. The fourth-order valence-electron chi connectivity index (χ4n) is 7.20. The van der Waals surface area contributed by atoms with E-state index < -0.39 is 40.6 Å². The van der Waals surface area contributed by atoms with Crippen molar-refractivity contribution in [1.82, 2.24) is 30.2 Å². The maximum Gasteiger partial charge on any atom is 0.418 e. The van der Waals surface area contributed by atoms with E-state index in [4.69, 9.17) is 24.9 Å². The average Bonchev–Trinajstić information content (AvgIpc) is 3.37. The van der Waals surface area contributed by atoms with E-state index in [1.54, 1.807) is 0 Å². The minimum Gasteiger partial charge on any atom is -0.472 e. The molecule has 0 spiro atoms. The molecule has 0 saturated carbocycles. The second-order valence-corrected chi connectivity index (χ2v) is 12.3. The zero-order valence-electron chi connectivity index (χ0n) is 25.3. The monoisotopic (exact) mass is 632 g/mol. The van der Waals surface area contributed by atoms with Gasteiger partial charge in [0.2, 0.25) is 5.88 Å².